The Morgan fingerprint density at radius 1 is 1.11 bits per heavy atom. The first kappa shape index (κ1) is 19.2. The number of amides is 1. The molecule has 140 valence electrons. The molecule has 3 rings (SSSR count). The van der Waals surface area contributed by atoms with Gasteiger partial charge in [-0.1, -0.05) is 42.5 Å². The van der Waals surface area contributed by atoms with Crippen molar-refractivity contribution in [3.63, 3.8) is 0 Å². The molecule has 1 amide bonds. The van der Waals surface area contributed by atoms with E-state index in [4.69, 9.17) is 0 Å². The van der Waals surface area contributed by atoms with Crippen LogP contribution in [0.5, 0.6) is 0 Å². The molecular weight excluding hydrogens is 382 g/mol. The summed E-state index contributed by atoms with van der Waals surface area (Å²) >= 11 is 1.12. The zero-order valence-corrected chi connectivity index (χ0v) is 16.3. The van der Waals surface area contributed by atoms with Gasteiger partial charge in [0.25, 0.3) is 10.0 Å². The van der Waals surface area contributed by atoms with Crippen LogP contribution in [0.15, 0.2) is 76.4 Å². The maximum atomic E-state index is 12.6. The van der Waals surface area contributed by atoms with Gasteiger partial charge in [-0.2, -0.15) is 4.31 Å². The number of nitrogens with one attached hydrogen (secondary N) is 1. The molecule has 0 fully saturated rings. The van der Waals surface area contributed by atoms with E-state index in [-0.39, 0.29) is 10.8 Å². The Hall–Kier alpha value is -2.55. The molecule has 3 aromatic rings. The molecule has 27 heavy (non-hydrogen) atoms. The molecule has 1 aromatic carbocycles. The minimum Gasteiger partial charge on any atom is -0.342 e. The standard InChI is InChI=1S/C19H19N3O3S2/c1-22(27(24,25)18-11-7-13-26-18)14-17(23)21-19(15-8-3-2-4-9-15)16-10-5-6-12-20-16/h2-13,19H,14H2,1H3,(H,21,23). The Kier molecular flexibility index (Phi) is 6.00. The fourth-order valence-electron chi connectivity index (χ4n) is 2.58. The number of carbonyl (C=O) groups excluding carboxylic acids is 1. The Morgan fingerprint density at radius 2 is 1.85 bits per heavy atom. The second-order valence-corrected chi connectivity index (χ2v) is 9.08. The molecule has 0 saturated carbocycles. The van der Waals surface area contributed by atoms with Crippen molar-refractivity contribution in [2.75, 3.05) is 13.6 Å². The highest BCUT2D eigenvalue weighted by Crippen LogP contribution is 2.21. The van der Waals surface area contributed by atoms with Crippen LogP contribution < -0.4 is 5.32 Å². The monoisotopic (exact) mass is 401 g/mol. The van der Waals surface area contributed by atoms with Gasteiger partial charge in [0.1, 0.15) is 4.21 Å². The first-order chi connectivity index (χ1) is 13.0. The second-order valence-electron chi connectivity index (χ2n) is 5.86. The topological polar surface area (TPSA) is 79.4 Å². The highest BCUT2D eigenvalue weighted by Gasteiger charge is 2.25. The summed E-state index contributed by atoms with van der Waals surface area (Å²) in [7, 11) is -2.28. The zero-order valence-electron chi connectivity index (χ0n) is 14.6. The zero-order chi connectivity index (χ0) is 19.3. The third kappa shape index (κ3) is 4.60. The van der Waals surface area contributed by atoms with Crippen molar-refractivity contribution in [2.45, 2.75) is 10.3 Å². The number of pyridine rings is 1. The largest absolute Gasteiger partial charge is 0.342 e. The number of likely N-dealkylation sites (N-methyl/N-ethyl adjacent to an activating group) is 1. The summed E-state index contributed by atoms with van der Waals surface area (Å²) in [6.07, 6.45) is 1.66. The Bertz CT molecular complexity index is 936. The minimum atomic E-state index is -3.68. The summed E-state index contributed by atoms with van der Waals surface area (Å²) in [4.78, 5) is 16.9. The highest BCUT2D eigenvalue weighted by molar-refractivity contribution is 7.91. The van der Waals surface area contributed by atoms with Crippen molar-refractivity contribution < 1.29 is 13.2 Å². The van der Waals surface area contributed by atoms with Gasteiger partial charge in [-0.25, -0.2) is 8.42 Å². The van der Waals surface area contributed by atoms with Crippen molar-refractivity contribution in [1.29, 1.82) is 0 Å². The summed E-state index contributed by atoms with van der Waals surface area (Å²) < 4.78 is 26.3. The van der Waals surface area contributed by atoms with Crippen LogP contribution >= 0.6 is 11.3 Å². The molecule has 0 aliphatic heterocycles. The fraction of sp³-hybridized carbons (Fsp3) is 0.158. The van der Waals surface area contributed by atoms with Gasteiger partial charge < -0.3 is 5.32 Å². The van der Waals surface area contributed by atoms with E-state index in [1.807, 2.05) is 42.5 Å². The summed E-state index contributed by atoms with van der Waals surface area (Å²) in [6, 6.07) is 17.6. The lowest BCUT2D eigenvalue weighted by atomic mass is 10.0. The Labute approximate surface area is 162 Å². The van der Waals surface area contributed by atoms with E-state index >= 15 is 0 Å². The maximum Gasteiger partial charge on any atom is 0.252 e. The van der Waals surface area contributed by atoms with Gasteiger partial charge in [-0.05, 0) is 29.1 Å². The summed E-state index contributed by atoms with van der Waals surface area (Å²) in [6.45, 7) is -0.281. The number of thiophene rings is 1. The third-order valence-corrected chi connectivity index (χ3v) is 7.12. The molecule has 2 aromatic heterocycles. The maximum absolute atomic E-state index is 12.6. The van der Waals surface area contributed by atoms with Gasteiger partial charge in [0.2, 0.25) is 5.91 Å². The number of carbonyl (C=O) groups is 1. The van der Waals surface area contributed by atoms with Gasteiger partial charge in [0.15, 0.2) is 0 Å². The van der Waals surface area contributed by atoms with Gasteiger partial charge in [0, 0.05) is 13.2 Å². The van der Waals surface area contributed by atoms with Crippen LogP contribution in [0.2, 0.25) is 0 Å². The average molecular weight is 402 g/mol. The molecule has 6 nitrogen and oxygen atoms in total. The van der Waals surface area contributed by atoms with Gasteiger partial charge in [0.05, 0.1) is 18.3 Å². The van der Waals surface area contributed by atoms with Crippen LogP contribution in [0.1, 0.15) is 17.3 Å². The molecule has 0 spiro atoms. The number of rotatable bonds is 7. The van der Waals surface area contributed by atoms with Crippen LogP contribution in [-0.4, -0.2) is 37.2 Å². The average Bonchev–Trinajstić information content (AvgIpc) is 3.23. The minimum absolute atomic E-state index is 0.210. The predicted octanol–water partition coefficient (Wildman–Crippen LogP) is 2.67. The third-order valence-electron chi connectivity index (χ3n) is 3.95. The molecule has 0 saturated heterocycles. The summed E-state index contributed by atoms with van der Waals surface area (Å²) in [5.74, 6) is -0.405. The highest BCUT2D eigenvalue weighted by atomic mass is 32.2. The van der Waals surface area contributed by atoms with E-state index in [0.29, 0.717) is 5.69 Å². The molecule has 2 heterocycles. The Morgan fingerprint density at radius 3 is 2.48 bits per heavy atom. The smallest absolute Gasteiger partial charge is 0.252 e. The van der Waals surface area contributed by atoms with Crippen LogP contribution in [0.4, 0.5) is 0 Å². The molecule has 1 unspecified atom stereocenters. The normalized spacial score (nSPS) is 12.7. The van der Waals surface area contributed by atoms with E-state index in [0.717, 1.165) is 21.2 Å². The predicted molar refractivity (Wildman–Crippen MR) is 105 cm³/mol. The van der Waals surface area contributed by atoms with Crippen LogP contribution in [0.3, 0.4) is 0 Å². The molecular formula is C19H19N3O3S2. The van der Waals surface area contributed by atoms with Gasteiger partial charge in [-0.3, -0.25) is 9.78 Å². The van der Waals surface area contributed by atoms with Gasteiger partial charge in [-0.15, -0.1) is 11.3 Å². The number of hydrogen-bond acceptors (Lipinski definition) is 5. The van der Waals surface area contributed by atoms with Crippen molar-refractivity contribution >= 4 is 27.3 Å². The molecule has 0 aliphatic rings. The summed E-state index contributed by atoms with van der Waals surface area (Å²) in [5.41, 5.74) is 1.55. The lowest BCUT2D eigenvalue weighted by Gasteiger charge is -2.21. The van der Waals surface area contributed by atoms with Crippen LogP contribution in [-0.2, 0) is 14.8 Å². The number of hydrogen-bond donors (Lipinski definition) is 1. The van der Waals surface area contributed by atoms with Gasteiger partial charge >= 0.3 is 0 Å². The van der Waals surface area contributed by atoms with Crippen LogP contribution in [0.25, 0.3) is 0 Å². The lowest BCUT2D eigenvalue weighted by molar-refractivity contribution is -0.121. The molecule has 0 radical (unpaired) electrons. The van der Waals surface area contributed by atoms with Crippen molar-refractivity contribution in [1.82, 2.24) is 14.6 Å². The number of benzene rings is 1. The van der Waals surface area contributed by atoms with Crippen molar-refractivity contribution in [2.24, 2.45) is 0 Å². The lowest BCUT2D eigenvalue weighted by Crippen LogP contribution is -2.40. The van der Waals surface area contributed by atoms with E-state index in [1.54, 1.807) is 23.7 Å². The van der Waals surface area contributed by atoms with Crippen molar-refractivity contribution in [3.8, 4) is 0 Å². The first-order valence-corrected chi connectivity index (χ1v) is 10.6. The quantitative estimate of drug-likeness (QED) is 0.660. The number of aromatic nitrogens is 1. The SMILES string of the molecule is CN(CC(=O)NC(c1ccccc1)c1ccccn1)S(=O)(=O)c1cccs1. The molecule has 0 bridgehead atoms. The first-order valence-electron chi connectivity index (χ1n) is 8.23. The van der Waals surface area contributed by atoms with E-state index < -0.39 is 22.0 Å². The molecule has 1 atom stereocenters. The fourth-order valence-corrected chi connectivity index (χ4v) is 4.91. The Balaban J connectivity index is 1.77. The molecule has 1 N–H and O–H groups in total. The number of sulfonamides is 1. The van der Waals surface area contributed by atoms with E-state index in [1.165, 1.54) is 13.1 Å². The summed E-state index contributed by atoms with van der Waals surface area (Å²) in [5, 5.41) is 4.58. The van der Waals surface area contributed by atoms with Crippen molar-refractivity contribution in [3.05, 3.63) is 83.5 Å². The number of nitrogens with zero attached hydrogens (tertiary/aromatic N) is 2. The second kappa shape index (κ2) is 8.43. The van der Waals surface area contributed by atoms with E-state index in [9.17, 15) is 13.2 Å². The van der Waals surface area contributed by atoms with Crippen LogP contribution in [0, 0.1) is 0 Å². The molecule has 0 aliphatic carbocycles. The molecule has 8 heteroatoms. The van der Waals surface area contributed by atoms with E-state index in [2.05, 4.69) is 10.3 Å².